The van der Waals surface area contributed by atoms with E-state index in [2.05, 4.69) is 131 Å². The number of fused-ring (bicyclic) bond motifs is 1. The fourth-order valence-electron chi connectivity index (χ4n) is 6.64. The Morgan fingerprint density at radius 2 is 1.53 bits per heavy atom. The molecule has 3 aromatic carbocycles. The lowest BCUT2D eigenvalue weighted by atomic mass is 9.94. The number of hydrogen-bond donors (Lipinski definition) is 0. The molecule has 2 aliphatic rings. The molecule has 4 aromatic rings. The van der Waals surface area contributed by atoms with E-state index in [1.807, 2.05) is 12.3 Å². The van der Waals surface area contributed by atoms with Gasteiger partial charge in [0.15, 0.2) is 0 Å². The van der Waals surface area contributed by atoms with Gasteiger partial charge in [0.05, 0.1) is 14.3 Å². The Morgan fingerprint density at radius 1 is 0.763 bits per heavy atom. The quantitative estimate of drug-likeness (QED) is 0.234. The first-order valence-electron chi connectivity index (χ1n) is 13.8. The van der Waals surface area contributed by atoms with E-state index in [0.717, 1.165) is 5.76 Å². The number of hydrogen-bond acceptors (Lipinski definition) is 1. The van der Waals surface area contributed by atoms with Gasteiger partial charge in [0.2, 0.25) is 0 Å². The van der Waals surface area contributed by atoms with E-state index in [1.165, 1.54) is 50.1 Å². The van der Waals surface area contributed by atoms with Gasteiger partial charge in [-0.3, -0.25) is 0 Å². The molecular weight excluding hydrogens is 476 g/mol. The van der Waals surface area contributed by atoms with Crippen LogP contribution in [-0.2, 0) is 0 Å². The second-order valence-electron chi connectivity index (χ2n) is 11.8. The molecular formula is C36H36OSi. The number of furan rings is 1. The monoisotopic (exact) mass is 512 g/mol. The molecule has 2 heteroatoms. The molecule has 1 heterocycles. The molecule has 0 fully saturated rings. The molecule has 1 nitrogen and oxygen atoms in total. The Bertz CT molecular complexity index is 1550. The van der Waals surface area contributed by atoms with Crippen LogP contribution in [0.3, 0.4) is 0 Å². The zero-order chi connectivity index (χ0) is 26.4. The van der Waals surface area contributed by atoms with Crippen LogP contribution >= 0.6 is 0 Å². The van der Waals surface area contributed by atoms with E-state index in [-0.39, 0.29) is 0 Å². The summed E-state index contributed by atoms with van der Waals surface area (Å²) in [7, 11) is -1.97. The Hall–Kier alpha value is -3.62. The van der Waals surface area contributed by atoms with Gasteiger partial charge in [-0.25, -0.2) is 0 Å². The maximum absolute atomic E-state index is 6.07. The second-order valence-corrected chi connectivity index (χ2v) is 16.6. The van der Waals surface area contributed by atoms with Gasteiger partial charge in [-0.05, 0) is 75.5 Å². The van der Waals surface area contributed by atoms with Crippen LogP contribution in [0.4, 0.5) is 0 Å². The third-order valence-corrected chi connectivity index (χ3v) is 13.0. The summed E-state index contributed by atoms with van der Waals surface area (Å²) in [5.41, 5.74) is 13.1. The molecule has 0 saturated carbocycles. The lowest BCUT2D eigenvalue weighted by Gasteiger charge is -2.37. The van der Waals surface area contributed by atoms with Crippen LogP contribution in [0.15, 0.2) is 113 Å². The molecule has 0 N–H and O–H groups in total. The van der Waals surface area contributed by atoms with Crippen molar-refractivity contribution in [3.05, 3.63) is 137 Å². The molecule has 190 valence electrons. The number of rotatable bonds is 6. The molecule has 0 bridgehead atoms. The van der Waals surface area contributed by atoms with Gasteiger partial charge in [0.1, 0.15) is 5.76 Å². The Morgan fingerprint density at radius 3 is 2.21 bits per heavy atom. The van der Waals surface area contributed by atoms with Crippen LogP contribution in [0.25, 0.3) is 28.3 Å². The summed E-state index contributed by atoms with van der Waals surface area (Å²) in [6.45, 7) is 12.0. The summed E-state index contributed by atoms with van der Waals surface area (Å²) < 4.78 is 6.07. The van der Waals surface area contributed by atoms with Gasteiger partial charge in [0.25, 0.3) is 0 Å². The average molecular weight is 513 g/mol. The number of benzene rings is 3. The summed E-state index contributed by atoms with van der Waals surface area (Å²) in [6.07, 6.45) is 9.19. The van der Waals surface area contributed by atoms with Gasteiger partial charge in [-0.2, -0.15) is 0 Å². The van der Waals surface area contributed by atoms with Crippen molar-refractivity contribution in [1.82, 2.24) is 0 Å². The van der Waals surface area contributed by atoms with Crippen LogP contribution in [0.2, 0.25) is 18.6 Å². The zero-order valence-corrected chi connectivity index (χ0v) is 24.0. The van der Waals surface area contributed by atoms with E-state index in [1.54, 1.807) is 0 Å². The predicted molar refractivity (Wildman–Crippen MR) is 165 cm³/mol. The third kappa shape index (κ3) is 4.18. The largest absolute Gasteiger partial charge is 0.465 e. The predicted octanol–water partition coefficient (Wildman–Crippen LogP) is 10.4. The summed E-state index contributed by atoms with van der Waals surface area (Å²) in [5.74, 6) is 1.53. The van der Waals surface area contributed by atoms with Crippen LogP contribution in [-0.4, -0.2) is 8.07 Å². The summed E-state index contributed by atoms with van der Waals surface area (Å²) in [6, 6.07) is 31.0. The highest BCUT2D eigenvalue weighted by Gasteiger charge is 2.46. The lowest BCUT2D eigenvalue weighted by Crippen LogP contribution is -2.39. The third-order valence-electron chi connectivity index (χ3n) is 8.63. The minimum Gasteiger partial charge on any atom is -0.465 e. The van der Waals surface area contributed by atoms with Gasteiger partial charge < -0.3 is 4.42 Å². The van der Waals surface area contributed by atoms with Crippen molar-refractivity contribution in [1.29, 1.82) is 0 Å². The molecule has 0 aliphatic heterocycles. The summed E-state index contributed by atoms with van der Waals surface area (Å²) >= 11 is 0. The van der Waals surface area contributed by atoms with Crippen molar-refractivity contribution in [3.8, 4) is 11.1 Å². The topological polar surface area (TPSA) is 13.1 Å². The normalized spacial score (nSPS) is 18.8. The Balaban J connectivity index is 1.46. The lowest BCUT2D eigenvalue weighted by molar-refractivity contribution is 0.551. The first-order valence-corrected chi connectivity index (χ1v) is 16.9. The second kappa shape index (κ2) is 9.60. The zero-order valence-electron chi connectivity index (χ0n) is 23.0. The maximum Gasteiger partial charge on any atom is 0.130 e. The average Bonchev–Trinajstić information content (AvgIpc) is 3.67. The van der Waals surface area contributed by atoms with Crippen molar-refractivity contribution < 1.29 is 4.42 Å². The van der Waals surface area contributed by atoms with Gasteiger partial charge >= 0.3 is 0 Å². The van der Waals surface area contributed by atoms with E-state index in [0.29, 0.717) is 17.0 Å². The van der Waals surface area contributed by atoms with Crippen molar-refractivity contribution in [2.75, 3.05) is 0 Å². The fraction of sp³-hybridized carbons (Fsp3) is 0.222. The first kappa shape index (κ1) is 24.7. The highest BCUT2D eigenvalue weighted by atomic mass is 28.3. The minimum atomic E-state index is -1.97. The molecule has 2 atom stereocenters. The molecule has 1 aromatic heterocycles. The van der Waals surface area contributed by atoms with Crippen molar-refractivity contribution >= 4 is 25.3 Å². The maximum atomic E-state index is 6.07. The molecule has 6 rings (SSSR count). The number of allylic oxidation sites excluding steroid dienone is 5. The highest BCUT2D eigenvalue weighted by Crippen LogP contribution is 2.55. The molecule has 0 radical (unpaired) electrons. The highest BCUT2D eigenvalue weighted by molar-refractivity contribution is 6.83. The van der Waals surface area contributed by atoms with Gasteiger partial charge in [-0.1, -0.05) is 117 Å². The Kier molecular flexibility index (Phi) is 6.24. The first-order chi connectivity index (χ1) is 18.3. The van der Waals surface area contributed by atoms with Crippen LogP contribution < -0.4 is 0 Å². The molecule has 0 amide bonds. The summed E-state index contributed by atoms with van der Waals surface area (Å²) in [5, 5.41) is 0. The van der Waals surface area contributed by atoms with E-state index < -0.39 is 8.07 Å². The molecule has 38 heavy (non-hydrogen) atoms. The molecule has 0 spiro atoms. The van der Waals surface area contributed by atoms with Gasteiger partial charge in [0, 0.05) is 11.1 Å². The fourth-order valence-corrected chi connectivity index (χ4v) is 11.0. The Labute approximate surface area is 228 Å². The molecule has 2 aliphatic carbocycles. The van der Waals surface area contributed by atoms with E-state index >= 15 is 0 Å². The standard InChI is InChI=1S/C36H36OSi/c1-24(2)26-16-18-28(19-17-26)30-13-9-14-31-32(30)23-33(34-15-10-20-37-34)36(31)38(4,5)35-22-29(21-25(35)3)27-11-7-6-8-12-27/h6-24,35-36H,1-5H3. The van der Waals surface area contributed by atoms with Crippen molar-refractivity contribution in [2.45, 2.75) is 50.9 Å². The van der Waals surface area contributed by atoms with E-state index in [9.17, 15) is 0 Å². The summed E-state index contributed by atoms with van der Waals surface area (Å²) in [4.78, 5) is 0. The van der Waals surface area contributed by atoms with Gasteiger partial charge in [-0.15, -0.1) is 0 Å². The SMILES string of the molecule is CC1=CC(c2ccccc2)=CC1[Si](C)(C)C1C(c2ccco2)=Cc2c(-c3ccc(C(C)C)cc3)cccc21. The minimum absolute atomic E-state index is 0.346. The van der Waals surface area contributed by atoms with Crippen molar-refractivity contribution in [2.24, 2.45) is 0 Å². The van der Waals surface area contributed by atoms with Crippen LogP contribution in [0.5, 0.6) is 0 Å². The molecule has 2 unspecified atom stereocenters. The van der Waals surface area contributed by atoms with Crippen molar-refractivity contribution in [3.63, 3.8) is 0 Å². The molecule has 0 saturated heterocycles. The van der Waals surface area contributed by atoms with Crippen LogP contribution in [0, 0.1) is 0 Å². The van der Waals surface area contributed by atoms with E-state index in [4.69, 9.17) is 4.42 Å². The van der Waals surface area contributed by atoms with Crippen LogP contribution in [0.1, 0.15) is 60.2 Å². The smallest absolute Gasteiger partial charge is 0.130 e.